The summed E-state index contributed by atoms with van der Waals surface area (Å²) in [5, 5.41) is 5.11. The zero-order valence-electron chi connectivity index (χ0n) is 16.8. The predicted molar refractivity (Wildman–Crippen MR) is 111 cm³/mol. The molecule has 162 valence electrons. The Morgan fingerprint density at radius 1 is 1.25 bits per heavy atom. The minimum atomic E-state index is -0.798. The third kappa shape index (κ3) is 3.36. The van der Waals surface area contributed by atoms with Crippen molar-refractivity contribution in [2.24, 2.45) is 0 Å². The molecule has 11 heteroatoms. The van der Waals surface area contributed by atoms with Crippen LogP contribution in [-0.4, -0.2) is 32.7 Å². The smallest absolute Gasteiger partial charge is 0.348 e. The van der Waals surface area contributed by atoms with E-state index in [0.29, 0.717) is 43.6 Å². The quantitative estimate of drug-likeness (QED) is 0.358. The predicted octanol–water partition coefficient (Wildman–Crippen LogP) is 4.55. The summed E-state index contributed by atoms with van der Waals surface area (Å²) in [4.78, 5) is 22.0. The second-order valence-electron chi connectivity index (χ2n) is 6.81. The number of nitrogens with zero attached hydrogens (tertiary/aromatic N) is 4. The molecule has 0 unspecified atom stereocenters. The Hall–Kier alpha value is -3.86. The van der Waals surface area contributed by atoms with Crippen LogP contribution in [-0.2, 0) is 11.3 Å². The number of esters is 1. The van der Waals surface area contributed by atoms with Gasteiger partial charge in [0.15, 0.2) is 23.0 Å². The Labute approximate surface area is 183 Å². The molecular weight excluding hydrogens is 442 g/mol. The summed E-state index contributed by atoms with van der Waals surface area (Å²) in [6, 6.07) is 6.39. The first kappa shape index (κ1) is 20.1. The van der Waals surface area contributed by atoms with E-state index in [1.807, 2.05) is 0 Å². The fourth-order valence-electron chi connectivity index (χ4n) is 3.24. The van der Waals surface area contributed by atoms with Crippen LogP contribution >= 0.6 is 11.3 Å². The number of furan rings is 1. The van der Waals surface area contributed by atoms with Crippen LogP contribution in [0.2, 0.25) is 0 Å². The van der Waals surface area contributed by atoms with Crippen molar-refractivity contribution in [3.05, 3.63) is 64.5 Å². The van der Waals surface area contributed by atoms with Crippen molar-refractivity contribution in [2.45, 2.75) is 13.5 Å². The summed E-state index contributed by atoms with van der Waals surface area (Å²) in [6.45, 7) is 1.74. The van der Waals surface area contributed by atoms with Gasteiger partial charge >= 0.3 is 5.97 Å². The van der Waals surface area contributed by atoms with Gasteiger partial charge in [0, 0.05) is 6.07 Å². The van der Waals surface area contributed by atoms with Crippen LogP contribution in [0, 0.1) is 18.6 Å². The summed E-state index contributed by atoms with van der Waals surface area (Å²) < 4.78 is 44.2. The number of aromatic nitrogens is 4. The van der Waals surface area contributed by atoms with Crippen LogP contribution < -0.4 is 4.74 Å². The highest BCUT2D eigenvalue weighted by Crippen LogP contribution is 2.33. The number of methoxy groups -OCH3 is 1. The van der Waals surface area contributed by atoms with E-state index in [-0.39, 0.29) is 12.4 Å². The second kappa shape index (κ2) is 7.68. The Morgan fingerprint density at radius 2 is 2.09 bits per heavy atom. The molecule has 0 amide bonds. The van der Waals surface area contributed by atoms with Crippen LogP contribution in [0.15, 0.2) is 41.1 Å². The maximum Gasteiger partial charge on any atom is 0.348 e. The van der Waals surface area contributed by atoms with E-state index in [1.54, 1.807) is 19.1 Å². The molecule has 4 heterocycles. The lowest BCUT2D eigenvalue weighted by Gasteiger charge is -2.05. The fraction of sp³-hybridized carbons (Fsp3) is 0.143. The second-order valence-corrected chi connectivity index (χ2v) is 7.80. The Bertz CT molecular complexity index is 1490. The van der Waals surface area contributed by atoms with Gasteiger partial charge < -0.3 is 13.9 Å². The molecule has 0 bridgehead atoms. The van der Waals surface area contributed by atoms with Gasteiger partial charge in [-0.1, -0.05) is 0 Å². The number of benzene rings is 1. The summed E-state index contributed by atoms with van der Waals surface area (Å²) in [7, 11) is 1.33. The molecule has 5 aromatic rings. The average Bonchev–Trinajstić information content (AvgIpc) is 3.49. The molecule has 32 heavy (non-hydrogen) atoms. The monoisotopic (exact) mass is 456 g/mol. The lowest BCUT2D eigenvalue weighted by atomic mass is 10.2. The Balaban J connectivity index is 1.45. The molecule has 0 aliphatic carbocycles. The molecule has 0 radical (unpaired) electrons. The largest absolute Gasteiger partial charge is 0.483 e. The van der Waals surface area contributed by atoms with Gasteiger partial charge in [0.25, 0.3) is 0 Å². The van der Waals surface area contributed by atoms with E-state index in [1.165, 1.54) is 35.4 Å². The zero-order chi connectivity index (χ0) is 22.4. The fourth-order valence-corrected chi connectivity index (χ4v) is 4.30. The zero-order valence-corrected chi connectivity index (χ0v) is 17.6. The number of thiophene rings is 1. The molecule has 0 saturated heterocycles. The normalized spacial score (nSPS) is 11.4. The van der Waals surface area contributed by atoms with Crippen molar-refractivity contribution >= 4 is 33.2 Å². The van der Waals surface area contributed by atoms with Gasteiger partial charge in [0.1, 0.15) is 34.2 Å². The number of hydrogen-bond acceptors (Lipinski definition) is 8. The van der Waals surface area contributed by atoms with E-state index in [0.717, 1.165) is 12.1 Å². The first-order valence-electron chi connectivity index (χ1n) is 9.34. The molecule has 0 spiro atoms. The molecule has 0 fully saturated rings. The highest BCUT2D eigenvalue weighted by Gasteiger charge is 2.21. The average molecular weight is 456 g/mol. The number of carbonyl (C=O) groups is 1. The van der Waals surface area contributed by atoms with E-state index < -0.39 is 17.6 Å². The van der Waals surface area contributed by atoms with Crippen LogP contribution in [0.4, 0.5) is 8.78 Å². The van der Waals surface area contributed by atoms with Gasteiger partial charge in [0.05, 0.1) is 12.5 Å². The minimum absolute atomic E-state index is 0.0617. The molecule has 4 aromatic heterocycles. The van der Waals surface area contributed by atoms with Gasteiger partial charge in [-0.05, 0) is 36.8 Å². The lowest BCUT2D eigenvalue weighted by molar-refractivity contribution is 0.0605. The molecule has 8 nitrogen and oxygen atoms in total. The first-order valence-corrected chi connectivity index (χ1v) is 10.2. The highest BCUT2D eigenvalue weighted by molar-refractivity contribution is 7.20. The van der Waals surface area contributed by atoms with Crippen molar-refractivity contribution in [1.82, 2.24) is 19.6 Å². The number of ether oxygens (including phenoxy) is 2. The third-order valence-corrected chi connectivity index (χ3v) is 5.96. The number of hydrogen-bond donors (Lipinski definition) is 0. The topological polar surface area (TPSA) is 91.8 Å². The summed E-state index contributed by atoms with van der Waals surface area (Å²) in [5.41, 5.74) is 1.24. The van der Waals surface area contributed by atoms with Gasteiger partial charge in [-0.3, -0.25) is 0 Å². The number of aryl methyl sites for hydroxylation is 1. The van der Waals surface area contributed by atoms with E-state index in [9.17, 15) is 13.6 Å². The number of rotatable bonds is 5. The Kier molecular flexibility index (Phi) is 4.82. The lowest BCUT2D eigenvalue weighted by Crippen LogP contribution is -1.99. The summed E-state index contributed by atoms with van der Waals surface area (Å²) in [5.74, 6) is -0.908. The maximum absolute atomic E-state index is 13.7. The molecule has 0 aliphatic heterocycles. The van der Waals surface area contributed by atoms with Crippen molar-refractivity contribution in [2.75, 3.05) is 7.11 Å². The minimum Gasteiger partial charge on any atom is -0.483 e. The van der Waals surface area contributed by atoms with Crippen molar-refractivity contribution < 1.29 is 27.5 Å². The highest BCUT2D eigenvalue weighted by atomic mass is 32.1. The Morgan fingerprint density at radius 3 is 2.88 bits per heavy atom. The standard InChI is InChI=1S/C21H14F2N4O4S/c1-10-16-19-25-18(26-27(19)9-24-20(16)32-17(10)21(28)29-2)15-6-4-12(31-15)8-30-14-5-3-11(22)7-13(14)23/h3-7,9H,8H2,1-2H3. The molecule has 0 N–H and O–H groups in total. The van der Waals surface area contributed by atoms with E-state index in [4.69, 9.17) is 13.9 Å². The van der Waals surface area contributed by atoms with Gasteiger partial charge in [0.2, 0.25) is 5.82 Å². The number of carbonyl (C=O) groups excluding carboxylic acids is 1. The SMILES string of the molecule is COC(=O)c1sc2ncn3nc(-c4ccc(COc5ccc(F)cc5F)o4)nc3c2c1C. The van der Waals surface area contributed by atoms with Crippen molar-refractivity contribution in [3.8, 4) is 17.3 Å². The van der Waals surface area contributed by atoms with Crippen LogP contribution in [0.1, 0.15) is 21.0 Å². The molecule has 0 atom stereocenters. The molecule has 0 saturated carbocycles. The van der Waals surface area contributed by atoms with Crippen molar-refractivity contribution in [1.29, 1.82) is 0 Å². The van der Waals surface area contributed by atoms with Gasteiger partial charge in [-0.25, -0.2) is 28.1 Å². The van der Waals surface area contributed by atoms with E-state index >= 15 is 0 Å². The van der Waals surface area contributed by atoms with E-state index in [2.05, 4.69) is 15.1 Å². The van der Waals surface area contributed by atoms with Crippen molar-refractivity contribution in [3.63, 3.8) is 0 Å². The van der Waals surface area contributed by atoms with Crippen LogP contribution in [0.25, 0.3) is 27.4 Å². The first-order chi connectivity index (χ1) is 15.4. The van der Waals surface area contributed by atoms with Crippen LogP contribution in [0.3, 0.4) is 0 Å². The van der Waals surface area contributed by atoms with Crippen LogP contribution in [0.5, 0.6) is 5.75 Å². The molecule has 1 aromatic carbocycles. The summed E-state index contributed by atoms with van der Waals surface area (Å²) >= 11 is 1.23. The van der Waals surface area contributed by atoms with Gasteiger partial charge in [-0.15, -0.1) is 16.4 Å². The molecular formula is C21H14F2N4O4S. The third-order valence-electron chi connectivity index (χ3n) is 4.78. The molecule has 0 aliphatic rings. The molecule has 5 rings (SSSR count). The number of fused-ring (bicyclic) bond motifs is 3. The summed E-state index contributed by atoms with van der Waals surface area (Å²) in [6.07, 6.45) is 1.51. The van der Waals surface area contributed by atoms with Gasteiger partial charge in [-0.2, -0.15) is 0 Å². The number of halogens is 2. The maximum atomic E-state index is 13.7.